The topological polar surface area (TPSA) is 108 Å². The number of halogens is 3. The SMILES string of the molecule is CC1(CCc2ccccc2)NC(=O)N(CC(=O)NCC(=O)Nc2ccc(F)c(F)c2F)C1=O. The predicted octanol–water partition coefficient (Wildman–Crippen LogP) is 2.10. The Kier molecular flexibility index (Phi) is 7.00. The van der Waals surface area contributed by atoms with Gasteiger partial charge in [-0.1, -0.05) is 30.3 Å². The van der Waals surface area contributed by atoms with Crippen LogP contribution in [0.3, 0.4) is 0 Å². The lowest BCUT2D eigenvalue weighted by atomic mass is 9.93. The molecule has 0 bridgehead atoms. The molecule has 2 aromatic carbocycles. The van der Waals surface area contributed by atoms with Gasteiger partial charge >= 0.3 is 6.03 Å². The highest BCUT2D eigenvalue weighted by molar-refractivity contribution is 6.09. The van der Waals surface area contributed by atoms with Gasteiger partial charge in [-0.05, 0) is 37.5 Å². The van der Waals surface area contributed by atoms with Gasteiger partial charge in [-0.25, -0.2) is 18.0 Å². The molecular formula is C22H21F3N4O4. The number of nitrogens with zero attached hydrogens (tertiary/aromatic N) is 1. The van der Waals surface area contributed by atoms with Crippen molar-refractivity contribution in [1.82, 2.24) is 15.5 Å². The van der Waals surface area contributed by atoms with Gasteiger partial charge in [-0.3, -0.25) is 19.3 Å². The van der Waals surface area contributed by atoms with Crippen LogP contribution in [0.2, 0.25) is 0 Å². The fourth-order valence-electron chi connectivity index (χ4n) is 3.29. The van der Waals surface area contributed by atoms with Crippen LogP contribution in [0.5, 0.6) is 0 Å². The second kappa shape index (κ2) is 9.72. The summed E-state index contributed by atoms with van der Waals surface area (Å²) < 4.78 is 39.8. The maximum atomic E-state index is 13.6. The van der Waals surface area contributed by atoms with Crippen molar-refractivity contribution in [3.05, 3.63) is 65.5 Å². The van der Waals surface area contributed by atoms with E-state index in [0.29, 0.717) is 18.9 Å². The summed E-state index contributed by atoms with van der Waals surface area (Å²) in [5.41, 5.74) is -0.800. The van der Waals surface area contributed by atoms with Gasteiger partial charge in [0, 0.05) is 0 Å². The third-order valence-corrected chi connectivity index (χ3v) is 5.16. The lowest BCUT2D eigenvalue weighted by Crippen LogP contribution is -2.46. The minimum absolute atomic E-state index is 0.321. The van der Waals surface area contributed by atoms with Crippen molar-refractivity contribution in [1.29, 1.82) is 0 Å². The molecule has 174 valence electrons. The molecule has 33 heavy (non-hydrogen) atoms. The first kappa shape index (κ1) is 23.8. The summed E-state index contributed by atoms with van der Waals surface area (Å²) >= 11 is 0. The van der Waals surface area contributed by atoms with E-state index in [4.69, 9.17) is 0 Å². The molecule has 0 aromatic heterocycles. The molecule has 3 N–H and O–H groups in total. The van der Waals surface area contributed by atoms with Gasteiger partial charge in [0.2, 0.25) is 11.8 Å². The second-order valence-corrected chi connectivity index (χ2v) is 7.69. The maximum absolute atomic E-state index is 13.6. The van der Waals surface area contributed by atoms with E-state index in [0.717, 1.165) is 16.5 Å². The Balaban J connectivity index is 1.51. The molecule has 11 heteroatoms. The zero-order chi connectivity index (χ0) is 24.2. The fourth-order valence-corrected chi connectivity index (χ4v) is 3.29. The largest absolute Gasteiger partial charge is 0.345 e. The average Bonchev–Trinajstić information content (AvgIpc) is 3.00. The van der Waals surface area contributed by atoms with Crippen LogP contribution in [-0.4, -0.2) is 47.3 Å². The highest BCUT2D eigenvalue weighted by Gasteiger charge is 2.47. The molecule has 1 aliphatic rings. The van der Waals surface area contributed by atoms with Crippen LogP contribution in [0.15, 0.2) is 42.5 Å². The van der Waals surface area contributed by atoms with E-state index in [1.165, 1.54) is 0 Å². The minimum Gasteiger partial charge on any atom is -0.345 e. The average molecular weight is 462 g/mol. The van der Waals surface area contributed by atoms with E-state index < -0.39 is 65.5 Å². The number of imide groups is 1. The third kappa shape index (κ3) is 5.48. The molecule has 2 aromatic rings. The molecule has 0 spiro atoms. The van der Waals surface area contributed by atoms with E-state index in [-0.39, 0.29) is 0 Å². The Bertz CT molecular complexity index is 1100. The van der Waals surface area contributed by atoms with E-state index in [2.05, 4.69) is 10.6 Å². The van der Waals surface area contributed by atoms with Crippen molar-refractivity contribution in [3.8, 4) is 0 Å². The number of carbonyl (C=O) groups excluding carboxylic acids is 4. The molecule has 5 amide bonds. The summed E-state index contributed by atoms with van der Waals surface area (Å²) in [5.74, 6) is -7.05. The Morgan fingerprint density at radius 3 is 2.39 bits per heavy atom. The number of hydrogen-bond acceptors (Lipinski definition) is 4. The van der Waals surface area contributed by atoms with Gasteiger partial charge in [0.25, 0.3) is 5.91 Å². The summed E-state index contributed by atoms with van der Waals surface area (Å²) in [7, 11) is 0. The Morgan fingerprint density at radius 1 is 1.00 bits per heavy atom. The highest BCUT2D eigenvalue weighted by Crippen LogP contribution is 2.23. The molecule has 0 saturated carbocycles. The number of amides is 5. The van der Waals surface area contributed by atoms with Crippen molar-refractivity contribution < 1.29 is 32.3 Å². The first-order valence-corrected chi connectivity index (χ1v) is 9.99. The fraction of sp³-hybridized carbons (Fsp3) is 0.273. The van der Waals surface area contributed by atoms with Crippen molar-refractivity contribution in [2.24, 2.45) is 0 Å². The molecule has 0 aliphatic carbocycles. The van der Waals surface area contributed by atoms with Crippen molar-refractivity contribution >= 4 is 29.4 Å². The number of hydrogen-bond donors (Lipinski definition) is 3. The number of anilines is 1. The highest BCUT2D eigenvalue weighted by atomic mass is 19.2. The minimum atomic E-state index is -1.74. The van der Waals surface area contributed by atoms with E-state index in [1.54, 1.807) is 6.92 Å². The van der Waals surface area contributed by atoms with Crippen LogP contribution in [-0.2, 0) is 20.8 Å². The van der Waals surface area contributed by atoms with Crippen LogP contribution >= 0.6 is 0 Å². The van der Waals surface area contributed by atoms with E-state index >= 15 is 0 Å². The lowest BCUT2D eigenvalue weighted by molar-refractivity contribution is -0.134. The molecule has 1 aliphatic heterocycles. The second-order valence-electron chi connectivity index (χ2n) is 7.69. The molecule has 1 fully saturated rings. The number of benzene rings is 2. The van der Waals surface area contributed by atoms with Gasteiger partial charge < -0.3 is 16.0 Å². The standard InChI is InChI=1S/C22H21F3N4O4/c1-22(10-9-13-5-3-2-4-6-13)20(32)29(21(33)28-22)12-17(31)26-11-16(30)27-15-8-7-14(23)18(24)19(15)25/h2-8H,9-12H2,1H3,(H,26,31)(H,27,30)(H,28,33). The van der Waals surface area contributed by atoms with Crippen LogP contribution in [0.4, 0.5) is 23.7 Å². The molecule has 0 radical (unpaired) electrons. The van der Waals surface area contributed by atoms with Gasteiger partial charge in [-0.2, -0.15) is 0 Å². The molecule has 1 heterocycles. The molecule has 1 unspecified atom stereocenters. The first-order chi connectivity index (χ1) is 15.6. The van der Waals surface area contributed by atoms with Gasteiger partial charge in [0.15, 0.2) is 17.5 Å². The molecular weight excluding hydrogens is 441 g/mol. The maximum Gasteiger partial charge on any atom is 0.325 e. The predicted molar refractivity (Wildman–Crippen MR) is 111 cm³/mol. The molecule has 3 rings (SSSR count). The van der Waals surface area contributed by atoms with Crippen LogP contribution < -0.4 is 16.0 Å². The van der Waals surface area contributed by atoms with E-state index in [9.17, 15) is 32.3 Å². The zero-order valence-corrected chi connectivity index (χ0v) is 17.6. The molecule has 1 saturated heterocycles. The van der Waals surface area contributed by atoms with Crippen LogP contribution in [0.25, 0.3) is 0 Å². The van der Waals surface area contributed by atoms with Crippen LogP contribution in [0, 0.1) is 17.5 Å². The van der Waals surface area contributed by atoms with Gasteiger partial charge in [0.05, 0.1) is 12.2 Å². The number of aryl methyl sites for hydroxylation is 1. The Hall–Kier alpha value is -3.89. The van der Waals surface area contributed by atoms with Crippen molar-refractivity contribution in [3.63, 3.8) is 0 Å². The number of nitrogens with one attached hydrogen (secondary N) is 3. The monoisotopic (exact) mass is 462 g/mol. The zero-order valence-electron chi connectivity index (χ0n) is 17.6. The third-order valence-electron chi connectivity index (χ3n) is 5.16. The summed E-state index contributed by atoms with van der Waals surface area (Å²) in [4.78, 5) is 49.8. The quantitative estimate of drug-likeness (QED) is 0.413. The molecule has 1 atom stereocenters. The lowest BCUT2D eigenvalue weighted by Gasteiger charge is -2.21. The summed E-state index contributed by atoms with van der Waals surface area (Å²) in [5, 5.41) is 6.77. The number of rotatable bonds is 8. The normalized spacial score (nSPS) is 17.6. The van der Waals surface area contributed by atoms with Gasteiger partial charge in [0.1, 0.15) is 12.1 Å². The summed E-state index contributed by atoms with van der Waals surface area (Å²) in [6.45, 7) is 0.294. The smallest absolute Gasteiger partial charge is 0.325 e. The van der Waals surface area contributed by atoms with E-state index in [1.807, 2.05) is 35.6 Å². The summed E-state index contributed by atoms with van der Waals surface area (Å²) in [6, 6.07) is 10.1. The Labute approximate surface area is 187 Å². The van der Waals surface area contributed by atoms with Gasteiger partial charge in [-0.15, -0.1) is 0 Å². The van der Waals surface area contributed by atoms with Crippen molar-refractivity contribution in [2.45, 2.75) is 25.3 Å². The van der Waals surface area contributed by atoms with Crippen LogP contribution in [0.1, 0.15) is 18.9 Å². The summed E-state index contributed by atoms with van der Waals surface area (Å²) in [6.07, 6.45) is 0.853. The Morgan fingerprint density at radius 2 is 1.70 bits per heavy atom. The first-order valence-electron chi connectivity index (χ1n) is 9.99. The molecule has 8 nitrogen and oxygen atoms in total. The number of carbonyl (C=O) groups is 4. The number of urea groups is 1. The van der Waals surface area contributed by atoms with Crippen molar-refractivity contribution in [2.75, 3.05) is 18.4 Å².